The summed E-state index contributed by atoms with van der Waals surface area (Å²) in [4.78, 5) is 4.87. The highest BCUT2D eigenvalue weighted by Gasteiger charge is 2.24. The predicted molar refractivity (Wildman–Crippen MR) is 80.2 cm³/mol. The number of hydrogen-bond acceptors (Lipinski definition) is 3. The van der Waals surface area contributed by atoms with Crippen molar-refractivity contribution in [3.05, 3.63) is 11.5 Å². The number of nitrogens with zero attached hydrogens (tertiary/aromatic N) is 2. The van der Waals surface area contributed by atoms with E-state index in [1.165, 1.54) is 31.5 Å². The molecule has 1 heterocycles. The fraction of sp³-hybridized carbons (Fsp3) is 0.786. The van der Waals surface area contributed by atoms with E-state index in [4.69, 9.17) is 10.7 Å². The zero-order valence-electron chi connectivity index (χ0n) is 11.6. The van der Waals surface area contributed by atoms with Crippen molar-refractivity contribution in [3.8, 4) is 0 Å². The van der Waals surface area contributed by atoms with Gasteiger partial charge in [-0.25, -0.2) is 4.98 Å². The van der Waals surface area contributed by atoms with E-state index in [9.17, 15) is 0 Å². The molecule has 1 aromatic rings. The van der Waals surface area contributed by atoms with Crippen LogP contribution in [-0.4, -0.2) is 21.6 Å². The minimum Gasteiger partial charge on any atom is -0.384 e. The average Bonchev–Trinajstić information content (AvgIpc) is 2.98. The molecule has 1 fully saturated rings. The van der Waals surface area contributed by atoms with Gasteiger partial charge in [0, 0.05) is 18.9 Å². The predicted octanol–water partition coefficient (Wildman–Crippen LogP) is 3.44. The average molecular weight is 267 g/mol. The number of imidazole rings is 1. The number of hydrogen-bond donors (Lipinski definition) is 1. The van der Waals surface area contributed by atoms with Gasteiger partial charge in [-0.2, -0.15) is 11.8 Å². The Morgan fingerprint density at radius 2 is 2.11 bits per heavy atom. The van der Waals surface area contributed by atoms with Gasteiger partial charge in [-0.1, -0.05) is 19.8 Å². The molecule has 1 aliphatic rings. The molecule has 0 atom stereocenters. The van der Waals surface area contributed by atoms with Crippen molar-refractivity contribution in [3.63, 3.8) is 0 Å². The molecule has 0 saturated heterocycles. The Labute approximate surface area is 115 Å². The molecule has 3 nitrogen and oxygen atoms in total. The van der Waals surface area contributed by atoms with Crippen LogP contribution in [0.25, 0.3) is 0 Å². The maximum Gasteiger partial charge on any atom is 0.126 e. The van der Waals surface area contributed by atoms with E-state index in [1.807, 2.05) is 11.8 Å². The van der Waals surface area contributed by atoms with Gasteiger partial charge in [0.2, 0.25) is 0 Å². The molecule has 0 aromatic carbocycles. The van der Waals surface area contributed by atoms with Gasteiger partial charge in [-0.15, -0.1) is 0 Å². The smallest absolute Gasteiger partial charge is 0.126 e. The third-order valence-corrected chi connectivity index (χ3v) is 4.44. The van der Waals surface area contributed by atoms with Crippen LogP contribution in [0.4, 0.5) is 5.82 Å². The number of aromatic nitrogens is 2. The second-order valence-electron chi connectivity index (χ2n) is 5.18. The molecule has 0 bridgehead atoms. The van der Waals surface area contributed by atoms with E-state index in [0.717, 1.165) is 36.7 Å². The summed E-state index contributed by atoms with van der Waals surface area (Å²) in [6.07, 6.45) is 9.56. The number of rotatable bonds is 6. The zero-order chi connectivity index (χ0) is 13.0. The summed E-state index contributed by atoms with van der Waals surface area (Å²) in [6, 6.07) is 0. The molecule has 0 amide bonds. The molecule has 0 unspecified atom stereocenters. The SMILES string of the molecule is CCCn1c(C2CCCC2)nc(CCSC)c1N. The van der Waals surface area contributed by atoms with E-state index in [0.29, 0.717) is 5.92 Å². The molecule has 0 aliphatic heterocycles. The molecular weight excluding hydrogens is 242 g/mol. The normalized spacial score (nSPS) is 16.6. The van der Waals surface area contributed by atoms with Gasteiger partial charge in [-0.05, 0) is 31.3 Å². The Balaban J connectivity index is 2.24. The van der Waals surface area contributed by atoms with Gasteiger partial charge in [0.25, 0.3) is 0 Å². The third kappa shape index (κ3) is 2.85. The number of nitrogen functional groups attached to an aromatic ring is 1. The van der Waals surface area contributed by atoms with Crippen LogP contribution in [0.1, 0.15) is 56.5 Å². The summed E-state index contributed by atoms with van der Waals surface area (Å²) >= 11 is 1.86. The first kappa shape index (κ1) is 13.8. The van der Waals surface area contributed by atoms with Gasteiger partial charge in [0.05, 0.1) is 5.69 Å². The van der Waals surface area contributed by atoms with Crippen LogP contribution in [0, 0.1) is 0 Å². The topological polar surface area (TPSA) is 43.8 Å². The van der Waals surface area contributed by atoms with E-state index < -0.39 is 0 Å². The molecule has 1 saturated carbocycles. The summed E-state index contributed by atoms with van der Waals surface area (Å²) in [5.74, 6) is 3.95. The lowest BCUT2D eigenvalue weighted by atomic mass is 10.1. The first-order valence-corrected chi connectivity index (χ1v) is 8.51. The van der Waals surface area contributed by atoms with Gasteiger partial charge in [-0.3, -0.25) is 0 Å². The lowest BCUT2D eigenvalue weighted by molar-refractivity contribution is 0.579. The van der Waals surface area contributed by atoms with Gasteiger partial charge >= 0.3 is 0 Å². The molecule has 4 heteroatoms. The number of aryl methyl sites for hydroxylation is 1. The van der Waals surface area contributed by atoms with Crippen molar-refractivity contribution in [2.75, 3.05) is 17.7 Å². The van der Waals surface area contributed by atoms with E-state index in [1.54, 1.807) is 0 Å². The van der Waals surface area contributed by atoms with Crippen LogP contribution in [0.2, 0.25) is 0 Å². The molecule has 102 valence electrons. The maximum absolute atomic E-state index is 6.29. The van der Waals surface area contributed by atoms with E-state index >= 15 is 0 Å². The van der Waals surface area contributed by atoms with Crippen molar-refractivity contribution >= 4 is 17.6 Å². The fourth-order valence-corrected chi connectivity index (χ4v) is 3.27. The standard InChI is InChI=1S/C14H25N3S/c1-3-9-17-13(15)12(8-10-18-2)16-14(17)11-6-4-5-7-11/h11H,3-10,15H2,1-2H3. The molecule has 1 aliphatic carbocycles. The van der Waals surface area contributed by atoms with Crippen molar-refractivity contribution in [2.45, 2.75) is 57.9 Å². The summed E-state index contributed by atoms with van der Waals surface area (Å²) in [7, 11) is 0. The third-order valence-electron chi connectivity index (χ3n) is 3.82. The first-order valence-electron chi connectivity index (χ1n) is 7.11. The molecule has 0 spiro atoms. The second-order valence-corrected chi connectivity index (χ2v) is 6.16. The molecule has 2 rings (SSSR count). The molecular formula is C14H25N3S. The first-order chi connectivity index (χ1) is 8.77. The Kier molecular flexibility index (Phi) is 4.98. The largest absolute Gasteiger partial charge is 0.384 e. The summed E-state index contributed by atoms with van der Waals surface area (Å²) in [5.41, 5.74) is 7.41. The van der Waals surface area contributed by atoms with Gasteiger partial charge in [0.15, 0.2) is 0 Å². The Hall–Kier alpha value is -0.640. The summed E-state index contributed by atoms with van der Waals surface area (Å²) < 4.78 is 2.28. The highest BCUT2D eigenvalue weighted by molar-refractivity contribution is 7.98. The van der Waals surface area contributed by atoms with Crippen molar-refractivity contribution in [1.82, 2.24) is 9.55 Å². The van der Waals surface area contributed by atoms with Crippen LogP contribution in [0.5, 0.6) is 0 Å². The second kappa shape index (κ2) is 6.50. The van der Waals surface area contributed by atoms with Crippen molar-refractivity contribution in [2.24, 2.45) is 0 Å². The highest BCUT2D eigenvalue weighted by atomic mass is 32.2. The lowest BCUT2D eigenvalue weighted by Crippen LogP contribution is -2.09. The number of thioether (sulfide) groups is 1. The van der Waals surface area contributed by atoms with Crippen molar-refractivity contribution < 1.29 is 0 Å². The fourth-order valence-electron chi connectivity index (χ4n) is 2.87. The van der Waals surface area contributed by atoms with Crippen LogP contribution in [0.15, 0.2) is 0 Å². The highest BCUT2D eigenvalue weighted by Crippen LogP contribution is 2.35. The van der Waals surface area contributed by atoms with E-state index in [2.05, 4.69) is 17.7 Å². The maximum atomic E-state index is 6.29. The minimum atomic E-state index is 0.655. The van der Waals surface area contributed by atoms with Crippen LogP contribution in [-0.2, 0) is 13.0 Å². The van der Waals surface area contributed by atoms with Gasteiger partial charge < -0.3 is 10.3 Å². The summed E-state index contributed by atoms with van der Waals surface area (Å²) in [6.45, 7) is 3.23. The monoisotopic (exact) mass is 267 g/mol. The van der Waals surface area contributed by atoms with Crippen LogP contribution < -0.4 is 5.73 Å². The Bertz CT molecular complexity index is 381. The number of nitrogens with two attached hydrogens (primary N) is 1. The van der Waals surface area contributed by atoms with Gasteiger partial charge in [0.1, 0.15) is 11.6 Å². The quantitative estimate of drug-likeness (QED) is 0.858. The molecule has 18 heavy (non-hydrogen) atoms. The Morgan fingerprint density at radius 1 is 1.39 bits per heavy atom. The molecule has 0 radical (unpaired) electrons. The minimum absolute atomic E-state index is 0.655. The summed E-state index contributed by atoms with van der Waals surface area (Å²) in [5, 5.41) is 0. The number of anilines is 1. The molecule has 2 N–H and O–H groups in total. The molecule has 1 aromatic heterocycles. The van der Waals surface area contributed by atoms with Crippen molar-refractivity contribution in [1.29, 1.82) is 0 Å². The Morgan fingerprint density at radius 3 is 2.72 bits per heavy atom. The van der Waals surface area contributed by atoms with E-state index in [-0.39, 0.29) is 0 Å². The zero-order valence-corrected chi connectivity index (χ0v) is 12.4. The van der Waals surface area contributed by atoms with Crippen LogP contribution >= 0.6 is 11.8 Å². The van der Waals surface area contributed by atoms with Crippen LogP contribution in [0.3, 0.4) is 0 Å². The lowest BCUT2D eigenvalue weighted by Gasteiger charge is -2.12.